The minimum Gasteiger partial charge on any atom is -0.507 e. The van der Waals surface area contributed by atoms with Crippen LogP contribution in [0.2, 0.25) is 10.0 Å². The van der Waals surface area contributed by atoms with Gasteiger partial charge in [0.05, 0.1) is 28.8 Å². The maximum absolute atomic E-state index is 14.3. The number of aliphatic hydroxyl groups excluding tert-OH is 1. The summed E-state index contributed by atoms with van der Waals surface area (Å²) in [7, 11) is 1.31. The Balaban J connectivity index is 1.88. The Morgan fingerprint density at radius 3 is 2.45 bits per heavy atom. The third-order valence-electron chi connectivity index (χ3n) is 5.33. The van der Waals surface area contributed by atoms with Crippen molar-refractivity contribution in [3.05, 3.63) is 99.1 Å². The number of ether oxygens (including phenoxy) is 1. The Morgan fingerprint density at radius 1 is 1.09 bits per heavy atom. The summed E-state index contributed by atoms with van der Waals surface area (Å²) in [6.45, 7) is 0.0752. The highest BCUT2D eigenvalue weighted by molar-refractivity contribution is 6.46. The summed E-state index contributed by atoms with van der Waals surface area (Å²) in [4.78, 5) is 31.4. The van der Waals surface area contributed by atoms with Crippen molar-refractivity contribution in [2.45, 2.75) is 12.6 Å². The van der Waals surface area contributed by atoms with Crippen LogP contribution in [0, 0.1) is 5.82 Å². The number of amides is 1. The molecule has 0 bridgehead atoms. The minimum atomic E-state index is -0.974. The molecule has 1 aliphatic heterocycles. The van der Waals surface area contributed by atoms with Gasteiger partial charge >= 0.3 is 0 Å². The van der Waals surface area contributed by atoms with Crippen LogP contribution < -0.4 is 4.74 Å². The van der Waals surface area contributed by atoms with E-state index in [2.05, 4.69) is 4.98 Å². The average Bonchev–Trinajstić information content (AvgIpc) is 3.06. The fraction of sp³-hybridized carbons (Fsp3) is 0.125. The molecule has 6 nitrogen and oxygen atoms in total. The van der Waals surface area contributed by atoms with Gasteiger partial charge in [0.2, 0.25) is 0 Å². The third-order valence-corrected chi connectivity index (χ3v) is 6.07. The maximum atomic E-state index is 14.3. The number of nitrogens with zero attached hydrogens (tertiary/aromatic N) is 2. The summed E-state index contributed by atoms with van der Waals surface area (Å²) in [5.74, 6) is -2.96. The van der Waals surface area contributed by atoms with Crippen molar-refractivity contribution in [2.24, 2.45) is 0 Å². The molecule has 1 N–H and O–H groups in total. The van der Waals surface area contributed by atoms with Gasteiger partial charge in [-0.3, -0.25) is 14.6 Å². The number of carbonyl (C=O) groups excluding carboxylic acids is 2. The van der Waals surface area contributed by atoms with E-state index in [-0.39, 0.29) is 28.5 Å². The van der Waals surface area contributed by atoms with Gasteiger partial charge in [0.25, 0.3) is 11.7 Å². The highest BCUT2D eigenvalue weighted by Gasteiger charge is 2.46. The van der Waals surface area contributed by atoms with Crippen molar-refractivity contribution in [1.29, 1.82) is 0 Å². The van der Waals surface area contributed by atoms with E-state index in [0.717, 1.165) is 11.6 Å². The second-order valence-electron chi connectivity index (χ2n) is 7.31. The molecule has 0 saturated carbocycles. The summed E-state index contributed by atoms with van der Waals surface area (Å²) < 4.78 is 19.2. The number of pyridine rings is 1. The zero-order chi connectivity index (χ0) is 23.7. The third kappa shape index (κ3) is 4.29. The predicted octanol–water partition coefficient (Wildman–Crippen LogP) is 5.16. The first kappa shape index (κ1) is 22.8. The summed E-state index contributed by atoms with van der Waals surface area (Å²) in [5, 5.41) is 11.6. The van der Waals surface area contributed by atoms with Gasteiger partial charge in [0, 0.05) is 24.5 Å². The molecule has 1 amide bonds. The first-order chi connectivity index (χ1) is 15.8. The number of Topliss-reactive ketones (excluding diaryl/α,β-unsaturated/α-hetero) is 1. The first-order valence-corrected chi connectivity index (χ1v) is 10.5. The summed E-state index contributed by atoms with van der Waals surface area (Å²) in [6, 6.07) is 10.9. The van der Waals surface area contributed by atoms with Gasteiger partial charge in [-0.2, -0.15) is 0 Å². The van der Waals surface area contributed by atoms with Crippen LogP contribution in [-0.2, 0) is 16.1 Å². The zero-order valence-electron chi connectivity index (χ0n) is 17.3. The molecule has 4 rings (SSSR count). The molecule has 9 heteroatoms. The molecule has 2 aromatic carbocycles. The molecule has 1 aliphatic rings. The lowest BCUT2D eigenvalue weighted by Crippen LogP contribution is -2.29. The molecular weight excluding hydrogens is 470 g/mol. The lowest BCUT2D eigenvalue weighted by atomic mass is 9.95. The van der Waals surface area contributed by atoms with E-state index in [1.165, 1.54) is 30.2 Å². The summed E-state index contributed by atoms with van der Waals surface area (Å²) >= 11 is 12.3. The Hall–Kier alpha value is -3.42. The van der Waals surface area contributed by atoms with Crippen LogP contribution in [0.15, 0.2) is 66.5 Å². The second-order valence-corrected chi connectivity index (χ2v) is 8.12. The smallest absolute Gasteiger partial charge is 0.295 e. The number of methoxy groups -OCH3 is 1. The molecule has 2 heterocycles. The number of rotatable bonds is 5. The van der Waals surface area contributed by atoms with Crippen LogP contribution in [0.3, 0.4) is 0 Å². The lowest BCUT2D eigenvalue weighted by Gasteiger charge is -2.25. The summed E-state index contributed by atoms with van der Waals surface area (Å²) in [5.41, 5.74) is 1.04. The van der Waals surface area contributed by atoms with Crippen LogP contribution in [-0.4, -0.2) is 33.8 Å². The summed E-state index contributed by atoms with van der Waals surface area (Å²) in [6.07, 6.45) is 3.14. The second kappa shape index (κ2) is 9.21. The predicted molar refractivity (Wildman–Crippen MR) is 121 cm³/mol. The van der Waals surface area contributed by atoms with E-state index in [4.69, 9.17) is 27.9 Å². The fourth-order valence-electron chi connectivity index (χ4n) is 3.73. The van der Waals surface area contributed by atoms with Crippen LogP contribution in [0.4, 0.5) is 4.39 Å². The first-order valence-electron chi connectivity index (χ1n) is 9.78. The van der Waals surface area contributed by atoms with Crippen LogP contribution in [0.25, 0.3) is 5.76 Å². The van der Waals surface area contributed by atoms with E-state index in [1.54, 1.807) is 36.7 Å². The van der Waals surface area contributed by atoms with Crippen molar-refractivity contribution in [3.8, 4) is 5.75 Å². The Morgan fingerprint density at radius 2 is 1.82 bits per heavy atom. The number of likely N-dealkylation sites (tertiary alicyclic amines) is 1. The number of hydrogen-bond acceptors (Lipinski definition) is 5. The van der Waals surface area contributed by atoms with Gasteiger partial charge < -0.3 is 14.7 Å². The highest BCUT2D eigenvalue weighted by Crippen LogP contribution is 2.42. The average molecular weight is 487 g/mol. The molecule has 1 atom stereocenters. The Labute approximate surface area is 198 Å². The largest absolute Gasteiger partial charge is 0.507 e. The van der Waals surface area contributed by atoms with Crippen molar-refractivity contribution >= 4 is 40.7 Å². The standard InChI is InChI=1S/C24H17Cl2FN2O4/c1-33-19-5-3-15(11-18(19)27)22(30)20-21(14-2-4-16(25)17(26)10-14)29(24(32)23(20)31)12-13-6-8-28-9-7-13/h2-11,21,30H,12H2,1H3/b22-20+. The molecular formula is C24H17Cl2FN2O4. The number of hydrogen-bond donors (Lipinski definition) is 1. The van der Waals surface area contributed by atoms with Crippen molar-refractivity contribution < 1.29 is 23.8 Å². The number of ketones is 1. The number of aromatic nitrogens is 1. The van der Waals surface area contributed by atoms with Gasteiger partial charge in [-0.05, 0) is 53.6 Å². The van der Waals surface area contributed by atoms with Crippen molar-refractivity contribution in [2.75, 3.05) is 7.11 Å². The van der Waals surface area contributed by atoms with Gasteiger partial charge in [0.15, 0.2) is 11.6 Å². The van der Waals surface area contributed by atoms with Crippen molar-refractivity contribution in [3.63, 3.8) is 0 Å². The zero-order valence-corrected chi connectivity index (χ0v) is 18.8. The number of halogens is 3. The minimum absolute atomic E-state index is 0.0225. The number of aliphatic hydroxyl groups is 1. The topological polar surface area (TPSA) is 79.7 Å². The molecule has 3 aromatic rings. The maximum Gasteiger partial charge on any atom is 0.295 e. The molecule has 0 aliphatic carbocycles. The lowest BCUT2D eigenvalue weighted by molar-refractivity contribution is -0.140. The molecule has 0 spiro atoms. The quantitative estimate of drug-likeness (QED) is 0.306. The normalized spacial score (nSPS) is 17.5. The Kier molecular flexibility index (Phi) is 6.35. The number of carbonyl (C=O) groups is 2. The molecule has 1 fully saturated rings. The number of benzene rings is 2. The SMILES string of the molecule is COc1ccc(/C(O)=C2\C(=O)C(=O)N(Cc3ccncc3)C2c2ccc(Cl)c(Cl)c2)cc1F. The molecule has 33 heavy (non-hydrogen) atoms. The Bertz CT molecular complexity index is 1280. The highest BCUT2D eigenvalue weighted by atomic mass is 35.5. The molecule has 1 unspecified atom stereocenters. The molecule has 1 saturated heterocycles. The van der Waals surface area contributed by atoms with Gasteiger partial charge in [-0.15, -0.1) is 0 Å². The van der Waals surface area contributed by atoms with E-state index < -0.39 is 29.3 Å². The van der Waals surface area contributed by atoms with Crippen molar-refractivity contribution in [1.82, 2.24) is 9.88 Å². The van der Waals surface area contributed by atoms with E-state index in [0.29, 0.717) is 10.6 Å². The fourth-order valence-corrected chi connectivity index (χ4v) is 4.03. The molecule has 1 aromatic heterocycles. The van der Waals surface area contributed by atoms with Gasteiger partial charge in [-0.1, -0.05) is 29.3 Å². The van der Waals surface area contributed by atoms with E-state index in [9.17, 15) is 19.1 Å². The van der Waals surface area contributed by atoms with Gasteiger partial charge in [-0.25, -0.2) is 4.39 Å². The van der Waals surface area contributed by atoms with Crippen LogP contribution >= 0.6 is 23.2 Å². The molecule has 0 radical (unpaired) electrons. The van der Waals surface area contributed by atoms with E-state index >= 15 is 0 Å². The van der Waals surface area contributed by atoms with E-state index in [1.807, 2.05) is 0 Å². The van der Waals surface area contributed by atoms with Gasteiger partial charge in [0.1, 0.15) is 5.76 Å². The van der Waals surface area contributed by atoms with Crippen LogP contribution in [0.5, 0.6) is 5.75 Å². The van der Waals surface area contributed by atoms with Crippen LogP contribution in [0.1, 0.15) is 22.7 Å². The monoisotopic (exact) mass is 486 g/mol. The molecule has 168 valence electrons.